The van der Waals surface area contributed by atoms with Gasteiger partial charge in [-0.05, 0) is 31.5 Å². The third kappa shape index (κ3) is 1.59. The van der Waals surface area contributed by atoms with Crippen LogP contribution in [0.1, 0.15) is 17.0 Å². The molecule has 19 heavy (non-hydrogen) atoms. The summed E-state index contributed by atoms with van der Waals surface area (Å²) >= 11 is 0. The van der Waals surface area contributed by atoms with Gasteiger partial charge in [0.25, 0.3) is 0 Å². The van der Waals surface area contributed by atoms with Gasteiger partial charge >= 0.3 is 0 Å². The fourth-order valence-corrected chi connectivity index (χ4v) is 2.38. The zero-order valence-electron chi connectivity index (χ0n) is 10.8. The monoisotopic (exact) mass is 248 g/mol. The first-order chi connectivity index (χ1) is 9.24. The van der Waals surface area contributed by atoms with E-state index in [2.05, 4.69) is 20.6 Å². The van der Waals surface area contributed by atoms with Gasteiger partial charge in [0.05, 0.1) is 5.39 Å². The maximum atomic E-state index is 9.18. The van der Waals surface area contributed by atoms with Crippen molar-refractivity contribution in [2.75, 3.05) is 0 Å². The Morgan fingerprint density at radius 2 is 1.84 bits per heavy atom. The average molecular weight is 248 g/mol. The number of nitrogens with zero attached hydrogens (tertiary/aromatic N) is 4. The van der Waals surface area contributed by atoms with Crippen LogP contribution in [-0.4, -0.2) is 14.5 Å². The molecule has 0 fully saturated rings. The van der Waals surface area contributed by atoms with Gasteiger partial charge in [-0.25, -0.2) is 9.97 Å². The lowest BCUT2D eigenvalue weighted by atomic mass is 10.2. The summed E-state index contributed by atoms with van der Waals surface area (Å²) in [6.45, 7) is 4.03. The van der Waals surface area contributed by atoms with Gasteiger partial charge in [-0.3, -0.25) is 4.57 Å². The molecule has 4 nitrogen and oxygen atoms in total. The highest BCUT2D eigenvalue weighted by molar-refractivity contribution is 5.87. The predicted octanol–water partition coefficient (Wildman–Crippen LogP) is 2.91. The molecule has 3 rings (SSSR count). The van der Waals surface area contributed by atoms with Crippen LogP contribution in [0, 0.1) is 25.2 Å². The standard InChI is InChI=1S/C15H12N4/c1-10-11(2)19(12-6-4-3-5-7-12)15-14(10)13(8-16)17-9-18-15/h3-7,9H,1-2H3. The number of benzene rings is 1. The highest BCUT2D eigenvalue weighted by atomic mass is 15.1. The lowest BCUT2D eigenvalue weighted by molar-refractivity contribution is 1.01. The number of hydrogen-bond acceptors (Lipinski definition) is 3. The Kier molecular flexibility index (Phi) is 2.53. The molecule has 0 atom stereocenters. The first kappa shape index (κ1) is 11.4. The molecule has 0 aliphatic rings. The normalized spacial score (nSPS) is 10.6. The molecule has 0 aliphatic heterocycles. The van der Waals surface area contributed by atoms with Crippen molar-refractivity contribution in [1.82, 2.24) is 14.5 Å². The number of nitriles is 1. The van der Waals surface area contributed by atoms with Gasteiger partial charge < -0.3 is 0 Å². The van der Waals surface area contributed by atoms with E-state index in [1.807, 2.05) is 44.2 Å². The summed E-state index contributed by atoms with van der Waals surface area (Å²) in [5.41, 5.74) is 4.39. The summed E-state index contributed by atoms with van der Waals surface area (Å²) in [5.74, 6) is 0. The Labute approximate surface area is 111 Å². The summed E-state index contributed by atoms with van der Waals surface area (Å²) in [4.78, 5) is 8.40. The molecule has 0 radical (unpaired) electrons. The maximum absolute atomic E-state index is 9.18. The molecule has 0 bridgehead atoms. The van der Waals surface area contributed by atoms with Crippen molar-refractivity contribution in [2.24, 2.45) is 0 Å². The van der Waals surface area contributed by atoms with E-state index in [0.29, 0.717) is 5.69 Å². The van der Waals surface area contributed by atoms with E-state index in [1.165, 1.54) is 6.33 Å². The van der Waals surface area contributed by atoms with E-state index in [0.717, 1.165) is 28.0 Å². The zero-order valence-corrected chi connectivity index (χ0v) is 10.8. The molecule has 0 spiro atoms. The molecule has 0 amide bonds. The second kappa shape index (κ2) is 4.21. The summed E-state index contributed by atoms with van der Waals surface area (Å²) in [7, 11) is 0. The fourth-order valence-electron chi connectivity index (χ4n) is 2.38. The first-order valence-electron chi connectivity index (χ1n) is 6.02. The van der Waals surface area contributed by atoms with Crippen molar-refractivity contribution in [1.29, 1.82) is 5.26 Å². The number of para-hydroxylation sites is 1. The Bertz CT molecular complexity index is 794. The molecule has 3 aromatic rings. The summed E-state index contributed by atoms with van der Waals surface area (Å²) in [6.07, 6.45) is 1.44. The minimum absolute atomic E-state index is 0.431. The largest absolute Gasteiger partial charge is 0.298 e. The van der Waals surface area contributed by atoms with Gasteiger partial charge in [-0.1, -0.05) is 18.2 Å². The number of rotatable bonds is 1. The smallest absolute Gasteiger partial charge is 0.153 e. The molecule has 4 heteroatoms. The quantitative estimate of drug-likeness (QED) is 0.665. The molecule has 2 aromatic heterocycles. The highest BCUT2D eigenvalue weighted by Gasteiger charge is 2.16. The number of aryl methyl sites for hydroxylation is 1. The third-order valence-corrected chi connectivity index (χ3v) is 3.41. The van der Waals surface area contributed by atoms with Crippen LogP contribution in [0.4, 0.5) is 0 Å². The second-order valence-corrected chi connectivity index (χ2v) is 4.41. The fraction of sp³-hybridized carbons (Fsp3) is 0.133. The number of hydrogen-bond donors (Lipinski definition) is 0. The molecular formula is C15H12N4. The van der Waals surface area contributed by atoms with Crippen molar-refractivity contribution in [2.45, 2.75) is 13.8 Å². The minimum atomic E-state index is 0.431. The van der Waals surface area contributed by atoms with Gasteiger partial charge in [-0.15, -0.1) is 0 Å². The van der Waals surface area contributed by atoms with Crippen LogP contribution in [-0.2, 0) is 0 Å². The molecule has 0 aliphatic carbocycles. The Hall–Kier alpha value is -2.67. The van der Waals surface area contributed by atoms with Gasteiger partial charge in [0, 0.05) is 11.4 Å². The first-order valence-corrected chi connectivity index (χ1v) is 6.02. The van der Waals surface area contributed by atoms with Gasteiger partial charge in [0.2, 0.25) is 0 Å². The van der Waals surface area contributed by atoms with Crippen molar-refractivity contribution in [3.8, 4) is 11.8 Å². The second-order valence-electron chi connectivity index (χ2n) is 4.41. The van der Waals surface area contributed by atoms with Crippen molar-refractivity contribution in [3.05, 3.63) is 53.6 Å². The molecule has 0 saturated heterocycles. The highest BCUT2D eigenvalue weighted by Crippen LogP contribution is 2.28. The molecule has 92 valence electrons. The van der Waals surface area contributed by atoms with Crippen LogP contribution in [0.3, 0.4) is 0 Å². The molecule has 2 heterocycles. The SMILES string of the molecule is Cc1c(C)n(-c2ccccc2)c2ncnc(C#N)c12. The Morgan fingerprint density at radius 3 is 2.53 bits per heavy atom. The zero-order chi connectivity index (χ0) is 13.4. The van der Waals surface area contributed by atoms with Crippen molar-refractivity contribution < 1.29 is 0 Å². The molecule has 0 saturated carbocycles. The van der Waals surface area contributed by atoms with Crippen LogP contribution < -0.4 is 0 Å². The maximum Gasteiger partial charge on any atom is 0.153 e. The van der Waals surface area contributed by atoms with Crippen LogP contribution in [0.2, 0.25) is 0 Å². The summed E-state index contributed by atoms with van der Waals surface area (Å²) < 4.78 is 2.06. The van der Waals surface area contributed by atoms with Crippen LogP contribution in [0.15, 0.2) is 36.7 Å². The summed E-state index contributed by atoms with van der Waals surface area (Å²) in [5, 5.41) is 10.0. The van der Waals surface area contributed by atoms with Crippen LogP contribution in [0.5, 0.6) is 0 Å². The van der Waals surface area contributed by atoms with E-state index < -0.39 is 0 Å². The van der Waals surface area contributed by atoms with Crippen molar-refractivity contribution >= 4 is 11.0 Å². The Balaban J connectivity index is 2.45. The van der Waals surface area contributed by atoms with E-state index in [1.54, 1.807) is 0 Å². The average Bonchev–Trinajstić information content (AvgIpc) is 2.72. The Morgan fingerprint density at radius 1 is 1.11 bits per heavy atom. The number of aromatic nitrogens is 3. The lowest BCUT2D eigenvalue weighted by Gasteiger charge is -2.07. The minimum Gasteiger partial charge on any atom is -0.298 e. The van der Waals surface area contributed by atoms with Gasteiger partial charge in [-0.2, -0.15) is 5.26 Å². The molecule has 0 unspecified atom stereocenters. The van der Waals surface area contributed by atoms with E-state index in [9.17, 15) is 5.26 Å². The summed E-state index contributed by atoms with van der Waals surface area (Å²) in [6, 6.07) is 12.2. The van der Waals surface area contributed by atoms with Crippen molar-refractivity contribution in [3.63, 3.8) is 0 Å². The van der Waals surface area contributed by atoms with E-state index >= 15 is 0 Å². The van der Waals surface area contributed by atoms with Crippen LogP contribution in [0.25, 0.3) is 16.7 Å². The van der Waals surface area contributed by atoms with E-state index in [-0.39, 0.29) is 0 Å². The predicted molar refractivity (Wildman–Crippen MR) is 73.1 cm³/mol. The number of fused-ring (bicyclic) bond motifs is 1. The van der Waals surface area contributed by atoms with Gasteiger partial charge in [0.1, 0.15) is 18.0 Å². The molecule has 0 N–H and O–H groups in total. The van der Waals surface area contributed by atoms with Crippen LogP contribution >= 0.6 is 0 Å². The third-order valence-electron chi connectivity index (χ3n) is 3.41. The van der Waals surface area contributed by atoms with Gasteiger partial charge in [0.15, 0.2) is 5.69 Å². The lowest BCUT2D eigenvalue weighted by Crippen LogP contribution is -1.98. The van der Waals surface area contributed by atoms with E-state index in [4.69, 9.17) is 0 Å². The molecule has 1 aromatic carbocycles. The topological polar surface area (TPSA) is 54.5 Å². The molecular weight excluding hydrogens is 236 g/mol.